The SMILES string of the molecule is COc1cccc(C(=O)COc2ccc(C=O)cc2)c1. The van der Waals surface area contributed by atoms with Gasteiger partial charge in [-0.3, -0.25) is 9.59 Å². The van der Waals surface area contributed by atoms with Crippen LogP contribution in [0.25, 0.3) is 0 Å². The number of carbonyl (C=O) groups excluding carboxylic acids is 2. The van der Waals surface area contributed by atoms with Crippen LogP contribution in [0, 0.1) is 0 Å². The molecule has 0 N–H and O–H groups in total. The van der Waals surface area contributed by atoms with Crippen LogP contribution in [0.5, 0.6) is 11.5 Å². The van der Waals surface area contributed by atoms with Crippen LogP contribution in [0.2, 0.25) is 0 Å². The highest BCUT2D eigenvalue weighted by atomic mass is 16.5. The van der Waals surface area contributed by atoms with Crippen molar-refractivity contribution in [2.45, 2.75) is 0 Å². The predicted octanol–water partition coefficient (Wildman–Crippen LogP) is 2.77. The first-order chi connectivity index (χ1) is 9.72. The third-order valence-corrected chi connectivity index (χ3v) is 2.78. The normalized spacial score (nSPS) is 9.85. The minimum Gasteiger partial charge on any atom is -0.497 e. The number of hydrogen-bond acceptors (Lipinski definition) is 4. The number of rotatable bonds is 6. The molecule has 2 aromatic rings. The van der Waals surface area contributed by atoms with E-state index in [-0.39, 0.29) is 12.4 Å². The molecular weight excluding hydrogens is 256 g/mol. The first-order valence-corrected chi connectivity index (χ1v) is 6.08. The Kier molecular flexibility index (Phi) is 4.50. The van der Waals surface area contributed by atoms with Gasteiger partial charge in [-0.2, -0.15) is 0 Å². The largest absolute Gasteiger partial charge is 0.497 e. The van der Waals surface area contributed by atoms with Crippen molar-refractivity contribution in [3.8, 4) is 11.5 Å². The van der Waals surface area contributed by atoms with E-state index < -0.39 is 0 Å². The van der Waals surface area contributed by atoms with Gasteiger partial charge in [0.2, 0.25) is 0 Å². The number of aldehydes is 1. The van der Waals surface area contributed by atoms with E-state index >= 15 is 0 Å². The Morgan fingerprint density at radius 3 is 2.50 bits per heavy atom. The number of carbonyl (C=O) groups is 2. The maximum Gasteiger partial charge on any atom is 0.200 e. The maximum absolute atomic E-state index is 12.0. The van der Waals surface area contributed by atoms with Gasteiger partial charge in [0, 0.05) is 11.1 Å². The monoisotopic (exact) mass is 270 g/mol. The Morgan fingerprint density at radius 2 is 1.85 bits per heavy atom. The second-order valence-corrected chi connectivity index (χ2v) is 4.13. The summed E-state index contributed by atoms with van der Waals surface area (Å²) < 4.78 is 10.5. The molecule has 0 unspecified atom stereocenters. The third-order valence-electron chi connectivity index (χ3n) is 2.78. The number of ketones is 1. The van der Waals surface area contributed by atoms with Crippen molar-refractivity contribution in [2.75, 3.05) is 13.7 Å². The summed E-state index contributed by atoms with van der Waals surface area (Å²) in [4.78, 5) is 22.5. The third kappa shape index (κ3) is 3.45. The second-order valence-electron chi connectivity index (χ2n) is 4.13. The molecule has 0 radical (unpaired) electrons. The quantitative estimate of drug-likeness (QED) is 0.598. The Bertz CT molecular complexity index is 602. The van der Waals surface area contributed by atoms with Crippen LogP contribution in [0.1, 0.15) is 20.7 Å². The van der Waals surface area contributed by atoms with E-state index in [2.05, 4.69) is 0 Å². The number of ether oxygens (including phenoxy) is 2. The molecule has 0 spiro atoms. The summed E-state index contributed by atoms with van der Waals surface area (Å²) in [5, 5.41) is 0. The molecule has 0 aliphatic rings. The van der Waals surface area contributed by atoms with E-state index in [1.54, 1.807) is 55.6 Å². The molecule has 0 fully saturated rings. The number of hydrogen-bond donors (Lipinski definition) is 0. The van der Waals surface area contributed by atoms with Crippen molar-refractivity contribution >= 4 is 12.1 Å². The average Bonchev–Trinajstić information content (AvgIpc) is 2.53. The zero-order valence-corrected chi connectivity index (χ0v) is 11.0. The Balaban J connectivity index is 1.98. The molecule has 2 aromatic carbocycles. The second kappa shape index (κ2) is 6.52. The van der Waals surface area contributed by atoms with Crippen LogP contribution in [-0.4, -0.2) is 25.8 Å². The number of benzene rings is 2. The minimum atomic E-state index is -0.136. The van der Waals surface area contributed by atoms with Gasteiger partial charge in [0.1, 0.15) is 17.8 Å². The van der Waals surface area contributed by atoms with Crippen LogP contribution in [-0.2, 0) is 0 Å². The molecule has 0 heterocycles. The molecule has 0 amide bonds. The lowest BCUT2D eigenvalue weighted by molar-refractivity contribution is 0.0920. The first-order valence-electron chi connectivity index (χ1n) is 6.08. The smallest absolute Gasteiger partial charge is 0.200 e. The zero-order chi connectivity index (χ0) is 14.4. The summed E-state index contributed by atoms with van der Waals surface area (Å²) in [5.74, 6) is 1.04. The molecule has 0 saturated heterocycles. The lowest BCUT2D eigenvalue weighted by atomic mass is 10.1. The highest BCUT2D eigenvalue weighted by Gasteiger charge is 2.08. The predicted molar refractivity (Wildman–Crippen MR) is 74.6 cm³/mol. The van der Waals surface area contributed by atoms with Gasteiger partial charge in [-0.15, -0.1) is 0 Å². The molecule has 0 aromatic heterocycles. The van der Waals surface area contributed by atoms with Gasteiger partial charge in [0.25, 0.3) is 0 Å². The number of Topliss-reactive ketones (excluding diaryl/α,β-unsaturated/α-hetero) is 1. The summed E-state index contributed by atoms with van der Waals surface area (Å²) >= 11 is 0. The molecule has 2 rings (SSSR count). The Morgan fingerprint density at radius 1 is 1.10 bits per heavy atom. The van der Waals surface area contributed by atoms with Crippen LogP contribution >= 0.6 is 0 Å². The highest BCUT2D eigenvalue weighted by molar-refractivity contribution is 5.97. The zero-order valence-electron chi connectivity index (χ0n) is 11.0. The first kappa shape index (κ1) is 13.8. The van der Waals surface area contributed by atoms with Crippen molar-refractivity contribution in [3.63, 3.8) is 0 Å². The van der Waals surface area contributed by atoms with Crippen molar-refractivity contribution in [1.82, 2.24) is 0 Å². The summed E-state index contributed by atoms with van der Waals surface area (Å²) in [5.41, 5.74) is 1.10. The lowest BCUT2D eigenvalue weighted by Crippen LogP contribution is -2.11. The fourth-order valence-corrected chi connectivity index (χ4v) is 1.67. The molecule has 4 heteroatoms. The van der Waals surface area contributed by atoms with Gasteiger partial charge in [-0.1, -0.05) is 12.1 Å². The topological polar surface area (TPSA) is 52.6 Å². The molecule has 0 aliphatic heterocycles. The molecular formula is C16H14O4. The van der Waals surface area contributed by atoms with Gasteiger partial charge in [-0.05, 0) is 36.4 Å². The van der Waals surface area contributed by atoms with Gasteiger partial charge in [-0.25, -0.2) is 0 Å². The van der Waals surface area contributed by atoms with E-state index in [1.807, 2.05) is 0 Å². The fourth-order valence-electron chi connectivity index (χ4n) is 1.67. The van der Waals surface area contributed by atoms with Gasteiger partial charge in [0.05, 0.1) is 7.11 Å². The molecule has 0 aliphatic carbocycles. The van der Waals surface area contributed by atoms with Crippen molar-refractivity contribution < 1.29 is 19.1 Å². The molecule has 0 saturated carbocycles. The molecule has 0 bridgehead atoms. The van der Waals surface area contributed by atoms with E-state index in [0.29, 0.717) is 22.6 Å². The summed E-state index contributed by atoms with van der Waals surface area (Å²) in [7, 11) is 1.55. The van der Waals surface area contributed by atoms with Gasteiger partial charge < -0.3 is 9.47 Å². The molecule has 4 nitrogen and oxygen atoms in total. The maximum atomic E-state index is 12.0. The minimum absolute atomic E-state index is 0.0619. The van der Waals surface area contributed by atoms with Gasteiger partial charge in [0.15, 0.2) is 12.4 Å². The molecule has 20 heavy (non-hydrogen) atoms. The average molecular weight is 270 g/mol. The van der Waals surface area contributed by atoms with Crippen molar-refractivity contribution in [2.24, 2.45) is 0 Å². The van der Waals surface area contributed by atoms with Crippen LogP contribution in [0.3, 0.4) is 0 Å². The van der Waals surface area contributed by atoms with Crippen LogP contribution in [0.15, 0.2) is 48.5 Å². The van der Waals surface area contributed by atoms with Crippen molar-refractivity contribution in [3.05, 3.63) is 59.7 Å². The fraction of sp³-hybridized carbons (Fsp3) is 0.125. The molecule has 0 atom stereocenters. The van der Waals surface area contributed by atoms with E-state index in [9.17, 15) is 9.59 Å². The summed E-state index contributed by atoms with van der Waals surface area (Å²) in [6.07, 6.45) is 0.755. The highest BCUT2D eigenvalue weighted by Crippen LogP contribution is 2.15. The number of methoxy groups -OCH3 is 1. The van der Waals surface area contributed by atoms with E-state index in [4.69, 9.17) is 9.47 Å². The molecule has 102 valence electrons. The van der Waals surface area contributed by atoms with E-state index in [0.717, 1.165) is 6.29 Å². The van der Waals surface area contributed by atoms with Crippen LogP contribution < -0.4 is 9.47 Å². The lowest BCUT2D eigenvalue weighted by Gasteiger charge is -2.06. The standard InChI is InChI=1S/C16H14O4/c1-19-15-4-2-3-13(9-15)16(18)11-20-14-7-5-12(10-17)6-8-14/h2-10H,11H2,1H3. The van der Waals surface area contributed by atoms with Gasteiger partial charge >= 0.3 is 0 Å². The summed E-state index contributed by atoms with van der Waals surface area (Å²) in [6.45, 7) is -0.0619. The summed E-state index contributed by atoms with van der Waals surface area (Å²) in [6, 6.07) is 13.5. The van der Waals surface area contributed by atoms with E-state index in [1.165, 1.54) is 0 Å². The van der Waals surface area contributed by atoms with Crippen LogP contribution in [0.4, 0.5) is 0 Å². The Labute approximate surface area is 116 Å². The Hall–Kier alpha value is -2.62. The van der Waals surface area contributed by atoms with Crippen molar-refractivity contribution in [1.29, 1.82) is 0 Å².